The highest BCUT2D eigenvalue weighted by molar-refractivity contribution is 5.86. The van der Waals surface area contributed by atoms with Crippen LogP contribution in [0.15, 0.2) is 0 Å². The van der Waals surface area contributed by atoms with Crippen LogP contribution in [0.3, 0.4) is 0 Å². The molecule has 0 saturated heterocycles. The summed E-state index contributed by atoms with van der Waals surface area (Å²) in [7, 11) is 0. The fourth-order valence-electron chi connectivity index (χ4n) is 3.86. The van der Waals surface area contributed by atoms with Crippen molar-refractivity contribution in [3.8, 4) is 0 Å². The number of carboxylic acids is 2. The van der Waals surface area contributed by atoms with Gasteiger partial charge in [0.1, 0.15) is 26.4 Å². The molecule has 0 heterocycles. The Morgan fingerprint density at radius 1 is 0.725 bits per heavy atom. The van der Waals surface area contributed by atoms with Gasteiger partial charge in [-0.15, -0.1) is 0 Å². The Kier molecular flexibility index (Phi) is 14.6. The molecule has 0 radical (unpaired) electrons. The van der Waals surface area contributed by atoms with Crippen molar-refractivity contribution >= 4 is 35.8 Å². The highest BCUT2D eigenvalue weighted by atomic mass is 16.6. The average Bonchev–Trinajstić information content (AvgIpc) is 3.74. The lowest BCUT2D eigenvalue weighted by molar-refractivity contribution is -0.164. The number of rotatable bonds is 14. The summed E-state index contributed by atoms with van der Waals surface area (Å²) in [5.74, 6) is -6.15. The summed E-state index contributed by atoms with van der Waals surface area (Å²) in [5, 5.41) is 17.8. The van der Waals surface area contributed by atoms with Crippen molar-refractivity contribution in [2.75, 3.05) is 26.4 Å². The Morgan fingerprint density at radius 3 is 1.68 bits per heavy atom. The van der Waals surface area contributed by atoms with Crippen LogP contribution in [-0.4, -0.2) is 72.5 Å². The first kappa shape index (κ1) is 34.8. The first-order valence-electron chi connectivity index (χ1n) is 13.9. The highest BCUT2D eigenvalue weighted by Gasteiger charge is 2.49. The maximum atomic E-state index is 12.0. The summed E-state index contributed by atoms with van der Waals surface area (Å²) in [6, 6.07) is 0. The van der Waals surface area contributed by atoms with Gasteiger partial charge in [0.05, 0.1) is 35.0 Å². The van der Waals surface area contributed by atoms with E-state index in [1.807, 2.05) is 13.8 Å². The first-order chi connectivity index (χ1) is 18.8. The smallest absolute Gasteiger partial charge is 0.311 e. The van der Waals surface area contributed by atoms with E-state index in [0.717, 1.165) is 12.8 Å². The molecule has 0 aromatic rings. The van der Waals surface area contributed by atoms with Gasteiger partial charge in [0.2, 0.25) is 0 Å². The van der Waals surface area contributed by atoms with E-state index in [0.29, 0.717) is 32.1 Å². The minimum absolute atomic E-state index is 0.00153. The third kappa shape index (κ3) is 11.5. The van der Waals surface area contributed by atoms with Crippen molar-refractivity contribution in [2.24, 2.45) is 35.0 Å². The molecule has 2 N–H and O–H groups in total. The molecular formula is C28H44O12. The van der Waals surface area contributed by atoms with Gasteiger partial charge >= 0.3 is 35.8 Å². The number of hydrogen-bond donors (Lipinski definition) is 2. The van der Waals surface area contributed by atoms with Crippen LogP contribution in [0.1, 0.15) is 79.6 Å². The second-order valence-corrected chi connectivity index (χ2v) is 10.8. The van der Waals surface area contributed by atoms with Gasteiger partial charge in [0.25, 0.3) is 0 Å². The van der Waals surface area contributed by atoms with Gasteiger partial charge in [-0.1, -0.05) is 33.6 Å². The Labute approximate surface area is 235 Å². The van der Waals surface area contributed by atoms with Crippen LogP contribution in [0, 0.1) is 35.0 Å². The van der Waals surface area contributed by atoms with Crippen molar-refractivity contribution in [3.05, 3.63) is 0 Å². The van der Waals surface area contributed by atoms with Crippen molar-refractivity contribution in [1.82, 2.24) is 0 Å². The lowest BCUT2D eigenvalue weighted by Gasteiger charge is -2.26. The molecule has 0 amide bonds. The molecule has 40 heavy (non-hydrogen) atoms. The van der Waals surface area contributed by atoms with Crippen LogP contribution >= 0.6 is 0 Å². The van der Waals surface area contributed by atoms with Crippen molar-refractivity contribution in [3.63, 3.8) is 0 Å². The van der Waals surface area contributed by atoms with Crippen LogP contribution in [0.5, 0.6) is 0 Å². The van der Waals surface area contributed by atoms with Crippen molar-refractivity contribution in [2.45, 2.75) is 79.6 Å². The van der Waals surface area contributed by atoms with E-state index < -0.39 is 53.0 Å². The SMILES string of the molecule is CCC(C)(C)C(=O)OCCOC(=O)C1CCCCC1C(=O)O.CCC(C)C(=O)OCCOC(=O)C1CC1C(=O)O. The standard InChI is InChI=1S/C16H26O6.C12H18O6/c1-4-16(2,3)15(20)22-10-9-21-14(19)12-8-6-5-7-11(12)13(17)18;1-3-7(2)11(15)17-4-5-18-12(16)9-6-8(9)10(13)14/h11-12H,4-10H2,1-3H3,(H,17,18);7-9H,3-6H2,1-2H3,(H,13,14). The fourth-order valence-corrected chi connectivity index (χ4v) is 3.86. The molecular weight excluding hydrogens is 528 g/mol. The second-order valence-electron chi connectivity index (χ2n) is 10.8. The van der Waals surface area contributed by atoms with Gasteiger partial charge < -0.3 is 29.2 Å². The van der Waals surface area contributed by atoms with Crippen LogP contribution in [-0.2, 0) is 47.7 Å². The third-order valence-corrected chi connectivity index (χ3v) is 7.38. The number of aliphatic carboxylic acids is 2. The largest absolute Gasteiger partial charge is 0.481 e. The van der Waals surface area contributed by atoms with Gasteiger partial charge in [-0.3, -0.25) is 28.8 Å². The maximum Gasteiger partial charge on any atom is 0.311 e. The molecule has 0 spiro atoms. The topological polar surface area (TPSA) is 180 Å². The second kappa shape index (κ2) is 16.8. The predicted molar refractivity (Wildman–Crippen MR) is 140 cm³/mol. The molecule has 2 rings (SSSR count). The predicted octanol–water partition coefficient (Wildman–Crippen LogP) is 3.24. The lowest BCUT2D eigenvalue weighted by Crippen LogP contribution is -2.34. The van der Waals surface area contributed by atoms with Gasteiger partial charge in [-0.05, 0) is 46.0 Å². The zero-order chi connectivity index (χ0) is 30.5. The molecule has 0 aliphatic heterocycles. The number of hydrogen-bond acceptors (Lipinski definition) is 10. The molecule has 2 aliphatic carbocycles. The van der Waals surface area contributed by atoms with E-state index in [1.54, 1.807) is 20.8 Å². The van der Waals surface area contributed by atoms with E-state index in [2.05, 4.69) is 0 Å². The lowest BCUT2D eigenvalue weighted by atomic mass is 9.79. The molecule has 2 aliphatic rings. The minimum Gasteiger partial charge on any atom is -0.481 e. The summed E-state index contributed by atoms with van der Waals surface area (Å²) in [6.07, 6.45) is 4.40. The molecule has 2 saturated carbocycles. The zero-order valence-electron chi connectivity index (χ0n) is 24.1. The number of ether oxygens (including phenoxy) is 4. The molecule has 5 atom stereocenters. The van der Waals surface area contributed by atoms with E-state index in [9.17, 15) is 28.8 Å². The summed E-state index contributed by atoms with van der Waals surface area (Å²) < 4.78 is 19.9. The molecule has 0 bridgehead atoms. The van der Waals surface area contributed by atoms with E-state index in [1.165, 1.54) is 0 Å². The third-order valence-electron chi connectivity index (χ3n) is 7.38. The number of esters is 4. The van der Waals surface area contributed by atoms with E-state index >= 15 is 0 Å². The monoisotopic (exact) mass is 572 g/mol. The molecule has 2 fully saturated rings. The first-order valence-corrected chi connectivity index (χ1v) is 13.9. The maximum absolute atomic E-state index is 12.0. The summed E-state index contributed by atoms with van der Waals surface area (Å²) >= 11 is 0. The van der Waals surface area contributed by atoms with Gasteiger partial charge in [-0.2, -0.15) is 0 Å². The Hall–Kier alpha value is -3.18. The molecule has 0 aromatic heterocycles. The van der Waals surface area contributed by atoms with Crippen LogP contribution in [0.2, 0.25) is 0 Å². The Morgan fingerprint density at radius 2 is 1.20 bits per heavy atom. The molecule has 12 nitrogen and oxygen atoms in total. The average molecular weight is 573 g/mol. The summed E-state index contributed by atoms with van der Waals surface area (Å²) in [6.45, 7) is 9.08. The molecule has 5 unspecified atom stereocenters. The van der Waals surface area contributed by atoms with Gasteiger partial charge in [-0.25, -0.2) is 0 Å². The quantitative estimate of drug-likeness (QED) is 0.176. The van der Waals surface area contributed by atoms with Crippen LogP contribution in [0.4, 0.5) is 0 Å². The van der Waals surface area contributed by atoms with Crippen molar-refractivity contribution in [1.29, 1.82) is 0 Å². The molecule has 228 valence electrons. The molecule has 12 heteroatoms. The Balaban J connectivity index is 0.000000408. The van der Waals surface area contributed by atoms with Gasteiger partial charge in [0.15, 0.2) is 0 Å². The summed E-state index contributed by atoms with van der Waals surface area (Å²) in [4.78, 5) is 68.0. The fraction of sp³-hybridized carbons (Fsp3) is 0.786. The van der Waals surface area contributed by atoms with E-state index in [-0.39, 0.29) is 44.3 Å². The number of carbonyl (C=O) groups is 6. The highest BCUT2D eigenvalue weighted by Crippen LogP contribution is 2.39. The molecule has 0 aromatic carbocycles. The van der Waals surface area contributed by atoms with Crippen molar-refractivity contribution < 1.29 is 57.9 Å². The number of carbonyl (C=O) groups excluding carboxylic acids is 4. The Bertz CT molecular complexity index is 896. The normalized spacial score (nSPS) is 22.4. The van der Waals surface area contributed by atoms with E-state index in [4.69, 9.17) is 29.2 Å². The summed E-state index contributed by atoms with van der Waals surface area (Å²) in [5.41, 5.74) is -0.554. The van der Waals surface area contributed by atoms with Gasteiger partial charge in [0, 0.05) is 0 Å². The van der Waals surface area contributed by atoms with Crippen LogP contribution < -0.4 is 0 Å². The number of carboxylic acid groups (broad SMARTS) is 2. The minimum atomic E-state index is -0.972. The zero-order valence-corrected chi connectivity index (χ0v) is 24.1. The van der Waals surface area contributed by atoms with Crippen LogP contribution in [0.25, 0.3) is 0 Å².